The maximum Gasteiger partial charge on any atom is 0.165 e. The lowest BCUT2D eigenvalue weighted by atomic mass is 10.1. The van der Waals surface area contributed by atoms with Crippen molar-refractivity contribution in [3.8, 4) is 5.82 Å². The molecule has 0 N–H and O–H groups in total. The molecule has 5 heterocycles. The third-order valence-corrected chi connectivity index (χ3v) is 9.59. The normalized spacial score (nSPS) is 16.6. The van der Waals surface area contributed by atoms with Gasteiger partial charge in [-0.05, 0) is 67.6 Å². The van der Waals surface area contributed by atoms with Crippen molar-refractivity contribution in [3.05, 3.63) is 158 Å². The van der Waals surface area contributed by atoms with Gasteiger partial charge in [0.1, 0.15) is 5.82 Å². The van der Waals surface area contributed by atoms with Gasteiger partial charge in [-0.3, -0.25) is 14.5 Å². The minimum atomic E-state index is -0.231. The van der Waals surface area contributed by atoms with Gasteiger partial charge in [-0.1, -0.05) is 99.3 Å². The van der Waals surface area contributed by atoms with E-state index < -0.39 is 0 Å². The number of nitrogens with zero attached hydrogens (tertiary/aromatic N) is 5. The first-order valence-corrected chi connectivity index (χ1v) is 17.2. The Balaban J connectivity index is 0.000000480. The highest BCUT2D eigenvalue weighted by molar-refractivity contribution is 7.25. The molecule has 6 heteroatoms. The lowest BCUT2D eigenvalue weighted by Crippen LogP contribution is -2.36. The van der Waals surface area contributed by atoms with Crippen LogP contribution in [0.3, 0.4) is 0 Å². The number of hydrogen-bond acceptors (Lipinski definition) is 5. The van der Waals surface area contributed by atoms with E-state index in [-0.39, 0.29) is 12.2 Å². The summed E-state index contributed by atoms with van der Waals surface area (Å²) in [5.41, 5.74) is 6.24. The van der Waals surface area contributed by atoms with Gasteiger partial charge in [0.2, 0.25) is 0 Å². The smallest absolute Gasteiger partial charge is 0.165 e. The number of para-hydroxylation sites is 1. The van der Waals surface area contributed by atoms with Crippen molar-refractivity contribution in [3.63, 3.8) is 0 Å². The zero-order chi connectivity index (χ0) is 33.0. The Morgan fingerprint density at radius 1 is 0.792 bits per heavy atom. The maximum absolute atomic E-state index is 5.30. The van der Waals surface area contributed by atoms with E-state index in [2.05, 4.69) is 131 Å². The number of rotatable bonds is 4. The number of thiophene rings is 1. The predicted molar refractivity (Wildman–Crippen MR) is 207 cm³/mol. The molecule has 0 bridgehead atoms. The summed E-state index contributed by atoms with van der Waals surface area (Å²) < 4.78 is 4.82. The second-order valence-corrected chi connectivity index (χ2v) is 12.3. The van der Waals surface area contributed by atoms with E-state index in [1.54, 1.807) is 6.08 Å². The molecule has 0 saturated carbocycles. The Kier molecular flexibility index (Phi) is 8.82. The summed E-state index contributed by atoms with van der Waals surface area (Å²) in [5.74, 6) is 0.866. The Morgan fingerprint density at radius 3 is 2.44 bits per heavy atom. The van der Waals surface area contributed by atoms with Gasteiger partial charge in [-0.15, -0.1) is 11.3 Å². The Morgan fingerprint density at radius 2 is 1.62 bits per heavy atom. The number of anilines is 1. The quantitative estimate of drug-likeness (QED) is 0.179. The topological polar surface area (TPSA) is 46.3 Å². The average molecular weight is 644 g/mol. The summed E-state index contributed by atoms with van der Waals surface area (Å²) in [6, 6.07) is 34.3. The molecular formula is C42H37N5S. The molecule has 5 nitrogen and oxygen atoms in total. The van der Waals surface area contributed by atoms with E-state index in [1.165, 1.54) is 20.2 Å². The largest absolute Gasteiger partial charge is 0.332 e. The number of aliphatic imine (C=N–C) groups is 1. The van der Waals surface area contributed by atoms with Crippen LogP contribution in [0, 0.1) is 0 Å². The van der Waals surface area contributed by atoms with Gasteiger partial charge in [-0.2, -0.15) is 0 Å². The molecule has 236 valence electrons. The van der Waals surface area contributed by atoms with Gasteiger partial charge in [0, 0.05) is 37.4 Å². The third kappa shape index (κ3) is 5.44. The van der Waals surface area contributed by atoms with E-state index in [4.69, 9.17) is 15.0 Å². The molecule has 4 aromatic heterocycles. The zero-order valence-corrected chi connectivity index (χ0v) is 28.2. The van der Waals surface area contributed by atoms with Crippen molar-refractivity contribution in [1.82, 2.24) is 14.5 Å². The molecule has 0 spiro atoms. The van der Waals surface area contributed by atoms with E-state index in [0.29, 0.717) is 0 Å². The fourth-order valence-corrected chi connectivity index (χ4v) is 7.60. The number of hydrogen-bond donors (Lipinski definition) is 0. The fraction of sp³-hybridized carbons (Fsp3) is 0.119. The van der Waals surface area contributed by atoms with Crippen LogP contribution in [0.25, 0.3) is 47.9 Å². The molecule has 0 amide bonds. The number of benzene rings is 3. The molecule has 1 aliphatic carbocycles. The van der Waals surface area contributed by atoms with Crippen molar-refractivity contribution < 1.29 is 0 Å². The Bertz CT molecular complexity index is 2370. The lowest BCUT2D eigenvalue weighted by Gasteiger charge is -2.30. The van der Waals surface area contributed by atoms with Gasteiger partial charge in [0.25, 0.3) is 0 Å². The Labute approximate surface area is 285 Å². The number of allylic oxidation sites excluding steroid dienone is 5. The van der Waals surface area contributed by atoms with E-state index in [1.807, 2.05) is 56.5 Å². The zero-order valence-electron chi connectivity index (χ0n) is 27.4. The SMILES string of the molecule is C1=CC2=NC(c3cccc(-n4c5cc6sc7ccccc7c6cc5c5ncccc54)n3)N(c3ccccc3)C2C=C1.C=C/C=C\C.CC. The average Bonchev–Trinajstić information content (AvgIpc) is 3.82. The molecule has 2 aliphatic rings. The van der Waals surface area contributed by atoms with Gasteiger partial charge >= 0.3 is 0 Å². The van der Waals surface area contributed by atoms with Crippen LogP contribution in [-0.2, 0) is 0 Å². The molecule has 3 aromatic carbocycles. The van der Waals surface area contributed by atoms with Crippen LogP contribution in [0.5, 0.6) is 0 Å². The van der Waals surface area contributed by atoms with Crippen LogP contribution in [0.15, 0.2) is 157 Å². The van der Waals surface area contributed by atoms with Crippen molar-refractivity contribution in [2.24, 2.45) is 4.99 Å². The minimum Gasteiger partial charge on any atom is -0.332 e. The monoisotopic (exact) mass is 643 g/mol. The minimum absolute atomic E-state index is 0.0801. The van der Waals surface area contributed by atoms with Crippen LogP contribution in [-0.4, -0.2) is 26.3 Å². The van der Waals surface area contributed by atoms with Crippen molar-refractivity contribution in [2.75, 3.05) is 4.90 Å². The summed E-state index contributed by atoms with van der Waals surface area (Å²) in [4.78, 5) is 17.7. The van der Waals surface area contributed by atoms with E-state index >= 15 is 0 Å². The number of pyridine rings is 2. The molecule has 2 atom stereocenters. The second kappa shape index (κ2) is 13.6. The van der Waals surface area contributed by atoms with Crippen molar-refractivity contribution in [2.45, 2.75) is 33.0 Å². The van der Waals surface area contributed by atoms with E-state index in [0.717, 1.165) is 44.8 Å². The first-order valence-electron chi connectivity index (χ1n) is 16.4. The first-order chi connectivity index (χ1) is 23.7. The maximum atomic E-state index is 5.30. The van der Waals surface area contributed by atoms with Gasteiger partial charge in [0.15, 0.2) is 6.17 Å². The van der Waals surface area contributed by atoms with Crippen LogP contribution in [0.4, 0.5) is 5.69 Å². The molecule has 0 fully saturated rings. The highest BCUT2D eigenvalue weighted by Crippen LogP contribution is 2.41. The molecule has 7 aromatic rings. The molecular weight excluding hydrogens is 607 g/mol. The van der Waals surface area contributed by atoms with Gasteiger partial charge in [-0.25, -0.2) is 4.98 Å². The van der Waals surface area contributed by atoms with Gasteiger partial charge < -0.3 is 4.90 Å². The summed E-state index contributed by atoms with van der Waals surface area (Å²) >= 11 is 1.83. The number of fused-ring (bicyclic) bond motifs is 7. The van der Waals surface area contributed by atoms with Crippen LogP contribution >= 0.6 is 11.3 Å². The van der Waals surface area contributed by atoms with Crippen LogP contribution in [0.2, 0.25) is 0 Å². The molecule has 48 heavy (non-hydrogen) atoms. The van der Waals surface area contributed by atoms with Crippen molar-refractivity contribution in [1.29, 1.82) is 0 Å². The lowest BCUT2D eigenvalue weighted by molar-refractivity contribution is 0.673. The first kappa shape index (κ1) is 31.0. The molecule has 1 aliphatic heterocycles. The summed E-state index contributed by atoms with van der Waals surface area (Å²) in [6.07, 6.45) is 15.7. The fourth-order valence-electron chi connectivity index (χ4n) is 6.48. The Hall–Kier alpha value is -5.59. The second-order valence-electron chi connectivity index (χ2n) is 11.2. The highest BCUT2D eigenvalue weighted by atomic mass is 32.1. The van der Waals surface area contributed by atoms with Crippen LogP contribution < -0.4 is 4.90 Å². The summed E-state index contributed by atoms with van der Waals surface area (Å²) in [6.45, 7) is 9.42. The summed E-state index contributed by atoms with van der Waals surface area (Å²) in [5, 5.41) is 3.70. The van der Waals surface area contributed by atoms with Crippen molar-refractivity contribution >= 4 is 64.8 Å². The third-order valence-electron chi connectivity index (χ3n) is 8.46. The standard InChI is InChI=1S/C35H23N5S.C5H8.C2H6/c1-2-10-22(11-3-1)39-28-15-6-5-13-26(28)38-35(39)27-14-8-18-33(37-27)40-29-16-9-19-36-34(29)25-20-24-23-12-4-7-17-31(23)41-32(24)21-30(25)40;1-3-5-4-2;1-2/h1-21,28,35H;3-5H,1H2,2H3;1-2H3/b;5-4-;. The molecule has 0 radical (unpaired) electrons. The predicted octanol–water partition coefficient (Wildman–Crippen LogP) is 11.2. The number of aromatic nitrogens is 3. The van der Waals surface area contributed by atoms with Crippen LogP contribution in [0.1, 0.15) is 32.6 Å². The summed E-state index contributed by atoms with van der Waals surface area (Å²) in [7, 11) is 0. The van der Waals surface area contributed by atoms with E-state index in [9.17, 15) is 0 Å². The molecule has 0 saturated heterocycles. The molecule has 9 rings (SSSR count). The molecule has 2 unspecified atom stereocenters. The highest BCUT2D eigenvalue weighted by Gasteiger charge is 2.36. The van der Waals surface area contributed by atoms with Gasteiger partial charge in [0.05, 0.1) is 34.0 Å².